The van der Waals surface area contributed by atoms with Gasteiger partial charge < -0.3 is 4.74 Å². The highest BCUT2D eigenvalue weighted by Gasteiger charge is 2.63. The van der Waals surface area contributed by atoms with Crippen molar-refractivity contribution in [3.05, 3.63) is 0 Å². The van der Waals surface area contributed by atoms with Gasteiger partial charge in [-0.25, -0.2) is 0 Å². The Morgan fingerprint density at radius 3 is 2.25 bits per heavy atom. The molecule has 0 bridgehead atoms. The topological polar surface area (TPSA) is 69.7 Å². The van der Waals surface area contributed by atoms with Crippen molar-refractivity contribution in [2.24, 2.45) is 52.3 Å². The Labute approximate surface area is 221 Å². The maximum Gasteiger partial charge on any atom is 0.302 e. The van der Waals surface area contributed by atoms with Crippen LogP contribution in [0.4, 0.5) is 0 Å². The zero-order valence-corrected chi connectivity index (χ0v) is 24.7. The number of hydrogen-bond acceptors (Lipinski definition) is 5. The Morgan fingerprint density at radius 1 is 0.944 bits per heavy atom. The van der Waals surface area contributed by atoms with Gasteiger partial charge in [-0.1, -0.05) is 53.9 Å². The van der Waals surface area contributed by atoms with E-state index in [0.717, 1.165) is 49.7 Å². The summed E-state index contributed by atoms with van der Waals surface area (Å²) in [4.78, 5) is 12.3. The molecule has 4 fully saturated rings. The van der Waals surface area contributed by atoms with E-state index in [0.29, 0.717) is 29.1 Å². The monoisotopic (exact) mass is 524 g/mol. The molecule has 208 valence electrons. The van der Waals surface area contributed by atoms with Crippen LogP contribution < -0.4 is 0 Å². The summed E-state index contributed by atoms with van der Waals surface area (Å²) in [6, 6.07) is 0. The van der Waals surface area contributed by atoms with Gasteiger partial charge in [0.25, 0.3) is 10.1 Å². The fraction of sp³-hybridized carbons (Fsp3) is 0.967. The molecule has 0 N–H and O–H groups in total. The first-order valence-electron chi connectivity index (χ1n) is 14.8. The molecule has 0 aliphatic heterocycles. The highest BCUT2D eigenvalue weighted by atomic mass is 32.2. The minimum atomic E-state index is -3.47. The van der Waals surface area contributed by atoms with Crippen LogP contribution in [0.1, 0.15) is 112 Å². The van der Waals surface area contributed by atoms with Crippen LogP contribution in [0.25, 0.3) is 0 Å². The third-order valence-corrected chi connectivity index (χ3v) is 12.1. The number of fused-ring (bicyclic) bond motifs is 5. The molecule has 0 heterocycles. The van der Waals surface area contributed by atoms with Gasteiger partial charge >= 0.3 is 5.97 Å². The SMILES string of the molecule is CC(=O)O[C@@H]1C[C@H]2C[C@@H](OS(C)(=O)=O)CC[C@]2(C)C2CC[C@@]3(C)C(CC[C@@H]3C(C)CCCC(C)C)C21. The third kappa shape index (κ3) is 5.55. The van der Waals surface area contributed by atoms with Gasteiger partial charge in [0.2, 0.25) is 0 Å². The molecule has 0 aromatic rings. The molecular weight excluding hydrogens is 472 g/mol. The number of esters is 1. The standard InChI is InChI=1S/C30H52O5S/c1-19(2)9-8-10-20(3)24-11-12-25-28-26(14-16-30(24,25)6)29(5)15-13-23(35-36(7,32)33)17-22(29)18-27(28)34-21(4)31/h19-20,22-28H,8-18H2,1-7H3/t20?,22-,23+,24-,25?,26?,27-,28?,29+,30-/m1/s1. The van der Waals surface area contributed by atoms with Gasteiger partial charge in [0.05, 0.1) is 12.4 Å². The van der Waals surface area contributed by atoms with Crippen molar-refractivity contribution in [2.45, 2.75) is 124 Å². The zero-order valence-electron chi connectivity index (χ0n) is 23.9. The molecule has 0 radical (unpaired) electrons. The van der Waals surface area contributed by atoms with E-state index in [-0.39, 0.29) is 23.6 Å². The maximum atomic E-state index is 12.3. The number of ether oxygens (including phenoxy) is 1. The zero-order chi connectivity index (χ0) is 26.5. The van der Waals surface area contributed by atoms with Crippen molar-refractivity contribution in [1.82, 2.24) is 0 Å². The first kappa shape index (κ1) is 28.4. The van der Waals surface area contributed by atoms with Gasteiger partial charge in [-0.3, -0.25) is 8.98 Å². The molecule has 10 atom stereocenters. The molecule has 4 saturated carbocycles. The molecule has 5 nitrogen and oxygen atoms in total. The molecule has 4 rings (SSSR count). The number of carbonyl (C=O) groups is 1. The highest BCUT2D eigenvalue weighted by Crippen LogP contribution is 2.69. The fourth-order valence-electron chi connectivity index (χ4n) is 9.85. The van der Waals surface area contributed by atoms with E-state index in [4.69, 9.17) is 8.92 Å². The molecule has 0 amide bonds. The fourth-order valence-corrected chi connectivity index (χ4v) is 10.5. The predicted molar refractivity (Wildman–Crippen MR) is 144 cm³/mol. The lowest BCUT2D eigenvalue weighted by molar-refractivity contribution is -0.193. The van der Waals surface area contributed by atoms with Gasteiger partial charge in [-0.15, -0.1) is 0 Å². The lowest BCUT2D eigenvalue weighted by Crippen LogP contribution is -2.59. The van der Waals surface area contributed by atoms with Gasteiger partial charge in [-0.2, -0.15) is 8.42 Å². The summed E-state index contributed by atoms with van der Waals surface area (Å²) in [7, 11) is -3.47. The molecular formula is C30H52O5S. The molecule has 4 unspecified atom stereocenters. The largest absolute Gasteiger partial charge is 0.462 e. The molecule has 0 spiro atoms. The minimum Gasteiger partial charge on any atom is -0.462 e. The van der Waals surface area contributed by atoms with Crippen molar-refractivity contribution >= 4 is 16.1 Å². The van der Waals surface area contributed by atoms with E-state index in [9.17, 15) is 13.2 Å². The normalized spacial score (nSPS) is 43.4. The predicted octanol–water partition coefficient (Wildman–Crippen LogP) is 6.99. The number of carbonyl (C=O) groups excluding carboxylic acids is 1. The first-order chi connectivity index (χ1) is 16.7. The summed E-state index contributed by atoms with van der Waals surface area (Å²) < 4.78 is 35.3. The second-order valence-corrected chi connectivity index (χ2v) is 15.7. The Balaban J connectivity index is 1.56. The van der Waals surface area contributed by atoms with Crippen molar-refractivity contribution in [2.75, 3.05) is 6.26 Å². The Hall–Kier alpha value is -0.620. The van der Waals surface area contributed by atoms with Crippen LogP contribution in [-0.2, 0) is 23.8 Å². The quantitative estimate of drug-likeness (QED) is 0.253. The Kier molecular flexibility index (Phi) is 8.29. The van der Waals surface area contributed by atoms with Gasteiger partial charge in [0, 0.05) is 12.8 Å². The van der Waals surface area contributed by atoms with E-state index in [1.165, 1.54) is 44.9 Å². The number of hydrogen-bond donors (Lipinski definition) is 0. The summed E-state index contributed by atoms with van der Waals surface area (Å²) >= 11 is 0. The lowest BCUT2D eigenvalue weighted by atomic mass is 9.43. The molecule has 0 saturated heterocycles. The Bertz CT molecular complexity index is 899. The summed E-state index contributed by atoms with van der Waals surface area (Å²) in [5, 5.41) is 0. The van der Waals surface area contributed by atoms with E-state index < -0.39 is 10.1 Å². The van der Waals surface area contributed by atoms with E-state index in [1.807, 2.05) is 0 Å². The molecule has 0 aromatic carbocycles. The van der Waals surface area contributed by atoms with Crippen LogP contribution in [-0.4, -0.2) is 32.9 Å². The molecule has 4 aliphatic carbocycles. The molecule has 6 heteroatoms. The highest BCUT2D eigenvalue weighted by molar-refractivity contribution is 7.86. The van der Waals surface area contributed by atoms with Gasteiger partial charge in [0.1, 0.15) is 6.10 Å². The summed E-state index contributed by atoms with van der Waals surface area (Å²) in [6.07, 6.45) is 13.3. The average molecular weight is 525 g/mol. The first-order valence-corrected chi connectivity index (χ1v) is 16.6. The summed E-state index contributed by atoms with van der Waals surface area (Å²) in [5.74, 6) is 4.02. The lowest BCUT2D eigenvalue weighted by Gasteiger charge is -2.62. The minimum absolute atomic E-state index is 0.0535. The molecule has 0 aromatic heterocycles. The van der Waals surface area contributed by atoms with Crippen molar-refractivity contribution < 1.29 is 22.1 Å². The van der Waals surface area contributed by atoms with E-state index >= 15 is 0 Å². The second-order valence-electron chi connectivity index (χ2n) is 14.1. The van der Waals surface area contributed by atoms with Crippen LogP contribution in [0, 0.1) is 52.3 Å². The summed E-state index contributed by atoms with van der Waals surface area (Å²) in [6.45, 7) is 13.7. The van der Waals surface area contributed by atoms with E-state index in [1.54, 1.807) is 6.92 Å². The maximum absolute atomic E-state index is 12.3. The van der Waals surface area contributed by atoms with Crippen molar-refractivity contribution in [3.8, 4) is 0 Å². The van der Waals surface area contributed by atoms with Gasteiger partial charge in [-0.05, 0) is 97.7 Å². The van der Waals surface area contributed by atoms with Crippen LogP contribution in [0.3, 0.4) is 0 Å². The third-order valence-electron chi connectivity index (χ3n) is 11.4. The van der Waals surface area contributed by atoms with Crippen LogP contribution in [0.15, 0.2) is 0 Å². The van der Waals surface area contributed by atoms with E-state index in [2.05, 4.69) is 34.6 Å². The summed E-state index contributed by atoms with van der Waals surface area (Å²) in [5.41, 5.74) is 0.498. The second kappa shape index (κ2) is 10.5. The number of rotatable bonds is 8. The van der Waals surface area contributed by atoms with Crippen LogP contribution >= 0.6 is 0 Å². The van der Waals surface area contributed by atoms with Crippen molar-refractivity contribution in [3.63, 3.8) is 0 Å². The smallest absolute Gasteiger partial charge is 0.302 e. The van der Waals surface area contributed by atoms with Crippen molar-refractivity contribution in [1.29, 1.82) is 0 Å². The van der Waals surface area contributed by atoms with Crippen LogP contribution in [0.2, 0.25) is 0 Å². The van der Waals surface area contributed by atoms with Crippen LogP contribution in [0.5, 0.6) is 0 Å². The average Bonchev–Trinajstić information content (AvgIpc) is 3.10. The van der Waals surface area contributed by atoms with Gasteiger partial charge in [0.15, 0.2) is 0 Å². The Morgan fingerprint density at radius 2 is 1.61 bits per heavy atom. The molecule has 4 aliphatic rings. The molecule has 36 heavy (non-hydrogen) atoms.